The van der Waals surface area contributed by atoms with E-state index in [2.05, 4.69) is 36.2 Å². The van der Waals surface area contributed by atoms with Gasteiger partial charge in [0.1, 0.15) is 0 Å². The minimum atomic E-state index is 0. The molecule has 1 amide bonds. The van der Waals surface area contributed by atoms with E-state index in [0.717, 1.165) is 25.1 Å². The first-order valence-electron chi connectivity index (χ1n) is 7.81. The molecule has 112 valence electrons. The van der Waals surface area contributed by atoms with Crippen LogP contribution in [0.1, 0.15) is 56.4 Å². The topological polar surface area (TPSA) is 32.3 Å². The van der Waals surface area contributed by atoms with Gasteiger partial charge in [-0.1, -0.05) is 26.0 Å². The molecule has 1 aromatic rings. The number of benzene rings is 1. The average molecular weight is 276 g/mol. The third-order valence-electron chi connectivity index (χ3n) is 4.27. The maximum absolute atomic E-state index is 12.0. The Hall–Kier alpha value is -1.35. The van der Waals surface area contributed by atoms with Crippen molar-refractivity contribution in [3.05, 3.63) is 35.4 Å². The van der Waals surface area contributed by atoms with Crippen molar-refractivity contribution in [2.24, 2.45) is 0 Å². The molecule has 0 radical (unpaired) electrons. The molecular formula is C17H28N2O. The zero-order valence-electron chi connectivity index (χ0n) is 12.7. The highest BCUT2D eigenvalue weighted by atomic mass is 16.1. The monoisotopic (exact) mass is 276 g/mol. The summed E-state index contributed by atoms with van der Waals surface area (Å²) in [5.74, 6) is 0.599. The van der Waals surface area contributed by atoms with E-state index in [1.54, 1.807) is 0 Å². The van der Waals surface area contributed by atoms with Crippen molar-refractivity contribution in [2.75, 3.05) is 26.2 Å². The number of hydrogen-bond donors (Lipinski definition) is 1. The molecule has 1 N–H and O–H groups in total. The van der Waals surface area contributed by atoms with Crippen molar-refractivity contribution in [3.8, 4) is 0 Å². The molecule has 0 saturated carbocycles. The summed E-state index contributed by atoms with van der Waals surface area (Å²) in [5, 5.41) is 3.01. The molecule has 1 unspecified atom stereocenters. The van der Waals surface area contributed by atoms with Crippen LogP contribution in [0, 0.1) is 0 Å². The number of carbonyl (C=O) groups is 1. The lowest BCUT2D eigenvalue weighted by Gasteiger charge is -2.15. The van der Waals surface area contributed by atoms with Gasteiger partial charge in [-0.15, -0.1) is 0 Å². The molecule has 1 aromatic carbocycles. The summed E-state index contributed by atoms with van der Waals surface area (Å²) in [6.45, 7) is 8.47. The molecule has 0 spiro atoms. The molecule has 0 bridgehead atoms. The van der Waals surface area contributed by atoms with Crippen LogP contribution in [0.4, 0.5) is 0 Å². The molecule has 1 atom stereocenters. The van der Waals surface area contributed by atoms with Crippen LogP contribution >= 0.6 is 0 Å². The second-order valence-corrected chi connectivity index (χ2v) is 5.74. The van der Waals surface area contributed by atoms with Crippen LogP contribution in [-0.2, 0) is 0 Å². The summed E-state index contributed by atoms with van der Waals surface area (Å²) in [5.41, 5.74) is 2.07. The number of hydrogen-bond acceptors (Lipinski definition) is 2. The zero-order chi connectivity index (χ0) is 14.4. The maximum atomic E-state index is 12.0. The van der Waals surface area contributed by atoms with E-state index >= 15 is 0 Å². The van der Waals surface area contributed by atoms with E-state index in [4.69, 9.17) is 0 Å². The first-order chi connectivity index (χ1) is 9.70. The van der Waals surface area contributed by atoms with Gasteiger partial charge in [-0.2, -0.15) is 0 Å². The summed E-state index contributed by atoms with van der Waals surface area (Å²) in [4.78, 5) is 14.4. The standard InChI is InChI=1S/C17H26N2O.H2/c1-3-14(2)15-6-8-16(9-7-15)17(20)18-10-13-19-11-4-5-12-19;/h6-9,14H,3-5,10-13H2,1-2H3,(H,18,20);1H. The Balaban J connectivity index is 0.00000220. The molecule has 1 fully saturated rings. The number of likely N-dealkylation sites (tertiary alicyclic amines) is 1. The van der Waals surface area contributed by atoms with Crippen molar-refractivity contribution >= 4 is 5.91 Å². The molecule has 3 heteroatoms. The smallest absolute Gasteiger partial charge is 0.251 e. The fourth-order valence-electron chi connectivity index (χ4n) is 2.63. The van der Waals surface area contributed by atoms with Gasteiger partial charge in [0, 0.05) is 20.1 Å². The van der Waals surface area contributed by atoms with Gasteiger partial charge in [0.25, 0.3) is 5.91 Å². The first-order valence-corrected chi connectivity index (χ1v) is 7.81. The van der Waals surface area contributed by atoms with Crippen molar-refractivity contribution in [3.63, 3.8) is 0 Å². The summed E-state index contributed by atoms with van der Waals surface area (Å²) < 4.78 is 0. The molecule has 3 nitrogen and oxygen atoms in total. The van der Waals surface area contributed by atoms with E-state index < -0.39 is 0 Å². The van der Waals surface area contributed by atoms with Crippen LogP contribution in [0.3, 0.4) is 0 Å². The summed E-state index contributed by atoms with van der Waals surface area (Å²) in [6, 6.07) is 8.02. The number of nitrogens with zero attached hydrogens (tertiary/aromatic N) is 1. The van der Waals surface area contributed by atoms with Crippen molar-refractivity contribution in [1.29, 1.82) is 0 Å². The second kappa shape index (κ2) is 7.44. The molecule has 0 aliphatic carbocycles. The van der Waals surface area contributed by atoms with Crippen LogP contribution in [0.2, 0.25) is 0 Å². The van der Waals surface area contributed by atoms with Gasteiger partial charge in [-0.25, -0.2) is 0 Å². The van der Waals surface area contributed by atoms with Gasteiger partial charge >= 0.3 is 0 Å². The third-order valence-corrected chi connectivity index (χ3v) is 4.27. The molecular weight excluding hydrogens is 248 g/mol. The number of amides is 1. The lowest BCUT2D eigenvalue weighted by atomic mass is 9.97. The molecule has 0 aromatic heterocycles. The van der Waals surface area contributed by atoms with E-state index in [1.165, 1.54) is 31.5 Å². The van der Waals surface area contributed by atoms with E-state index in [9.17, 15) is 4.79 Å². The van der Waals surface area contributed by atoms with Gasteiger partial charge in [-0.05, 0) is 56.0 Å². The molecule has 20 heavy (non-hydrogen) atoms. The predicted molar refractivity (Wildman–Crippen MR) is 85.3 cm³/mol. The van der Waals surface area contributed by atoms with Crippen LogP contribution in [0.15, 0.2) is 24.3 Å². The van der Waals surface area contributed by atoms with Gasteiger partial charge < -0.3 is 10.2 Å². The van der Waals surface area contributed by atoms with Gasteiger partial charge in [0.2, 0.25) is 0 Å². The largest absolute Gasteiger partial charge is 0.351 e. The highest BCUT2D eigenvalue weighted by molar-refractivity contribution is 5.94. The fourth-order valence-corrected chi connectivity index (χ4v) is 2.63. The van der Waals surface area contributed by atoms with Crippen molar-refractivity contribution < 1.29 is 6.22 Å². The Kier molecular flexibility index (Phi) is 5.60. The zero-order valence-corrected chi connectivity index (χ0v) is 12.7. The van der Waals surface area contributed by atoms with E-state index in [0.29, 0.717) is 5.92 Å². The van der Waals surface area contributed by atoms with Crippen LogP contribution < -0.4 is 5.32 Å². The van der Waals surface area contributed by atoms with E-state index in [-0.39, 0.29) is 7.33 Å². The molecule has 1 saturated heterocycles. The Morgan fingerprint density at radius 2 is 1.95 bits per heavy atom. The highest BCUT2D eigenvalue weighted by Crippen LogP contribution is 2.18. The molecule has 1 aliphatic heterocycles. The Morgan fingerprint density at radius 1 is 1.30 bits per heavy atom. The summed E-state index contributed by atoms with van der Waals surface area (Å²) in [6.07, 6.45) is 3.72. The van der Waals surface area contributed by atoms with Crippen LogP contribution in [-0.4, -0.2) is 37.0 Å². The van der Waals surface area contributed by atoms with Gasteiger partial charge in [0.15, 0.2) is 0 Å². The number of nitrogens with one attached hydrogen (secondary N) is 1. The van der Waals surface area contributed by atoms with Crippen molar-refractivity contribution in [1.82, 2.24) is 10.2 Å². The lowest BCUT2D eigenvalue weighted by Crippen LogP contribution is -2.33. The van der Waals surface area contributed by atoms with E-state index in [1.807, 2.05) is 12.1 Å². The maximum Gasteiger partial charge on any atom is 0.251 e. The Bertz CT molecular complexity index is 427. The Labute approximate surface area is 123 Å². The molecule has 1 heterocycles. The quantitative estimate of drug-likeness (QED) is 0.865. The first kappa shape index (κ1) is 15.0. The van der Waals surface area contributed by atoms with Crippen LogP contribution in [0.5, 0.6) is 0 Å². The minimum Gasteiger partial charge on any atom is -0.351 e. The van der Waals surface area contributed by atoms with Gasteiger partial charge in [0.05, 0.1) is 0 Å². The predicted octanol–water partition coefficient (Wildman–Crippen LogP) is 3.27. The number of carbonyl (C=O) groups excluding carboxylic acids is 1. The summed E-state index contributed by atoms with van der Waals surface area (Å²) >= 11 is 0. The average Bonchev–Trinajstić information content (AvgIpc) is 2.99. The molecule has 1 aliphatic rings. The highest BCUT2D eigenvalue weighted by Gasteiger charge is 2.12. The third kappa shape index (κ3) is 4.07. The lowest BCUT2D eigenvalue weighted by molar-refractivity contribution is 0.0949. The minimum absolute atomic E-state index is 0. The molecule has 2 rings (SSSR count). The normalized spacial score (nSPS) is 17.1. The summed E-state index contributed by atoms with van der Waals surface area (Å²) in [7, 11) is 0. The SMILES string of the molecule is CCC(C)c1ccc(C(=O)NCCN2CCCC2)cc1.[HH]. The van der Waals surface area contributed by atoms with Gasteiger partial charge in [-0.3, -0.25) is 4.79 Å². The van der Waals surface area contributed by atoms with Crippen LogP contribution in [0.25, 0.3) is 0 Å². The Morgan fingerprint density at radius 3 is 2.55 bits per heavy atom. The van der Waals surface area contributed by atoms with Crippen molar-refractivity contribution in [2.45, 2.75) is 39.0 Å². The fraction of sp³-hybridized carbons (Fsp3) is 0.588. The number of rotatable bonds is 6. The second-order valence-electron chi connectivity index (χ2n) is 5.74.